The summed E-state index contributed by atoms with van der Waals surface area (Å²) in [7, 11) is 0. The van der Waals surface area contributed by atoms with Gasteiger partial charge in [-0.15, -0.1) is 0 Å². The fourth-order valence-corrected chi connectivity index (χ4v) is 2.56. The number of anilines is 1. The van der Waals surface area contributed by atoms with E-state index in [0.29, 0.717) is 6.04 Å². The van der Waals surface area contributed by atoms with Crippen molar-refractivity contribution in [3.8, 4) is 0 Å². The minimum atomic E-state index is 0.509. The number of rotatable bonds is 7. The molecule has 1 N–H and O–H groups in total. The first-order chi connectivity index (χ1) is 9.20. The summed E-state index contributed by atoms with van der Waals surface area (Å²) >= 11 is 0. The summed E-state index contributed by atoms with van der Waals surface area (Å²) in [4.78, 5) is 6.80. The van der Waals surface area contributed by atoms with Crippen LogP contribution >= 0.6 is 0 Å². The van der Waals surface area contributed by atoms with E-state index in [1.807, 2.05) is 12.4 Å². The Morgan fingerprint density at radius 2 is 2.21 bits per heavy atom. The van der Waals surface area contributed by atoms with Crippen LogP contribution in [0, 0.1) is 5.92 Å². The summed E-state index contributed by atoms with van der Waals surface area (Å²) in [6.45, 7) is 9.80. The molecular weight excluding hydrogens is 234 g/mol. The van der Waals surface area contributed by atoms with Crippen LogP contribution in [-0.2, 0) is 6.54 Å². The van der Waals surface area contributed by atoms with Crippen LogP contribution in [0.25, 0.3) is 0 Å². The molecule has 1 saturated carbocycles. The van der Waals surface area contributed by atoms with Crippen molar-refractivity contribution in [2.45, 2.75) is 52.6 Å². The first-order valence-corrected chi connectivity index (χ1v) is 7.62. The molecule has 1 aromatic heterocycles. The van der Waals surface area contributed by atoms with Gasteiger partial charge in [0, 0.05) is 49.3 Å². The second-order valence-electron chi connectivity index (χ2n) is 5.88. The highest BCUT2D eigenvalue weighted by molar-refractivity contribution is 5.52. The van der Waals surface area contributed by atoms with E-state index in [9.17, 15) is 0 Å². The standard InChI is InChI=1S/C16H27N3/c1-4-19(12-14-6-5-7-14)16-8-9-17-10-15(16)11-18-13(2)3/h8-10,13-14,18H,4-7,11-12H2,1-3H3. The molecule has 0 bridgehead atoms. The first-order valence-electron chi connectivity index (χ1n) is 7.62. The maximum Gasteiger partial charge on any atom is 0.0442 e. The maximum absolute atomic E-state index is 4.29. The van der Waals surface area contributed by atoms with Gasteiger partial charge in [-0.3, -0.25) is 4.98 Å². The number of hydrogen-bond donors (Lipinski definition) is 1. The lowest BCUT2D eigenvalue weighted by Gasteiger charge is -2.34. The molecule has 1 aliphatic carbocycles. The van der Waals surface area contributed by atoms with Crippen LogP contribution in [0.2, 0.25) is 0 Å². The van der Waals surface area contributed by atoms with Crippen molar-refractivity contribution in [1.82, 2.24) is 10.3 Å². The van der Waals surface area contributed by atoms with Gasteiger partial charge >= 0.3 is 0 Å². The highest BCUT2D eigenvalue weighted by Gasteiger charge is 2.21. The molecule has 0 aliphatic heterocycles. The van der Waals surface area contributed by atoms with E-state index in [1.54, 1.807) is 0 Å². The quantitative estimate of drug-likeness (QED) is 0.817. The second kappa shape index (κ2) is 6.90. The van der Waals surface area contributed by atoms with Gasteiger partial charge in [0.1, 0.15) is 0 Å². The molecule has 0 aromatic carbocycles. The number of hydrogen-bond acceptors (Lipinski definition) is 3. The van der Waals surface area contributed by atoms with Crippen molar-refractivity contribution in [1.29, 1.82) is 0 Å². The zero-order chi connectivity index (χ0) is 13.7. The van der Waals surface area contributed by atoms with Gasteiger partial charge in [0.25, 0.3) is 0 Å². The Morgan fingerprint density at radius 1 is 1.42 bits per heavy atom. The number of nitrogens with zero attached hydrogens (tertiary/aromatic N) is 2. The lowest BCUT2D eigenvalue weighted by Crippen LogP contribution is -2.33. The van der Waals surface area contributed by atoms with Crippen molar-refractivity contribution >= 4 is 5.69 Å². The molecule has 19 heavy (non-hydrogen) atoms. The summed E-state index contributed by atoms with van der Waals surface area (Å²) in [5.41, 5.74) is 2.68. The number of aromatic nitrogens is 1. The molecule has 2 rings (SSSR count). The monoisotopic (exact) mass is 261 g/mol. The van der Waals surface area contributed by atoms with E-state index in [0.717, 1.165) is 19.0 Å². The Hall–Kier alpha value is -1.09. The van der Waals surface area contributed by atoms with Crippen molar-refractivity contribution < 1.29 is 0 Å². The molecule has 0 amide bonds. The van der Waals surface area contributed by atoms with E-state index < -0.39 is 0 Å². The van der Waals surface area contributed by atoms with Gasteiger partial charge in [0.2, 0.25) is 0 Å². The van der Waals surface area contributed by atoms with Gasteiger partial charge in [0.15, 0.2) is 0 Å². The number of pyridine rings is 1. The minimum Gasteiger partial charge on any atom is -0.371 e. The average Bonchev–Trinajstić information content (AvgIpc) is 2.36. The molecule has 0 spiro atoms. The zero-order valence-corrected chi connectivity index (χ0v) is 12.5. The number of nitrogens with one attached hydrogen (secondary N) is 1. The van der Waals surface area contributed by atoms with E-state index in [4.69, 9.17) is 0 Å². The molecular formula is C16H27N3. The van der Waals surface area contributed by atoms with Crippen LogP contribution in [0.4, 0.5) is 5.69 Å². The maximum atomic E-state index is 4.29. The van der Waals surface area contributed by atoms with E-state index >= 15 is 0 Å². The Bertz CT molecular complexity index is 385. The lowest BCUT2D eigenvalue weighted by molar-refractivity contribution is 0.318. The van der Waals surface area contributed by atoms with Crippen molar-refractivity contribution in [2.24, 2.45) is 5.92 Å². The highest BCUT2D eigenvalue weighted by atomic mass is 15.1. The van der Waals surface area contributed by atoms with Gasteiger partial charge in [-0.05, 0) is 31.7 Å². The molecule has 0 saturated heterocycles. The molecule has 3 nitrogen and oxygen atoms in total. The molecule has 1 aromatic rings. The zero-order valence-electron chi connectivity index (χ0n) is 12.5. The predicted octanol–water partition coefficient (Wildman–Crippen LogP) is 3.21. The molecule has 1 fully saturated rings. The van der Waals surface area contributed by atoms with E-state index in [2.05, 4.69) is 42.0 Å². The lowest BCUT2D eigenvalue weighted by atomic mass is 9.85. The average molecular weight is 261 g/mol. The molecule has 0 unspecified atom stereocenters. The second-order valence-corrected chi connectivity index (χ2v) is 5.88. The van der Waals surface area contributed by atoms with Crippen LogP contribution < -0.4 is 10.2 Å². The Kier molecular flexibility index (Phi) is 5.20. The first kappa shape index (κ1) is 14.3. The van der Waals surface area contributed by atoms with Gasteiger partial charge in [-0.25, -0.2) is 0 Å². The minimum absolute atomic E-state index is 0.509. The van der Waals surface area contributed by atoms with Gasteiger partial charge < -0.3 is 10.2 Å². The van der Waals surface area contributed by atoms with Crippen LogP contribution in [0.3, 0.4) is 0 Å². The summed E-state index contributed by atoms with van der Waals surface area (Å²) < 4.78 is 0. The molecule has 3 heteroatoms. The largest absolute Gasteiger partial charge is 0.371 e. The Labute approximate surface area is 117 Å². The smallest absolute Gasteiger partial charge is 0.0442 e. The fourth-order valence-electron chi connectivity index (χ4n) is 2.56. The van der Waals surface area contributed by atoms with Gasteiger partial charge in [-0.2, -0.15) is 0 Å². The summed E-state index contributed by atoms with van der Waals surface area (Å²) in [5.74, 6) is 0.902. The van der Waals surface area contributed by atoms with E-state index in [-0.39, 0.29) is 0 Å². The van der Waals surface area contributed by atoms with E-state index in [1.165, 1.54) is 37.1 Å². The van der Waals surface area contributed by atoms with Crippen LogP contribution in [0.15, 0.2) is 18.5 Å². The summed E-state index contributed by atoms with van der Waals surface area (Å²) in [6.07, 6.45) is 8.15. The van der Waals surface area contributed by atoms with Crippen molar-refractivity contribution in [3.05, 3.63) is 24.0 Å². The normalized spacial score (nSPS) is 15.6. The summed E-state index contributed by atoms with van der Waals surface area (Å²) in [6, 6.07) is 2.68. The molecule has 106 valence electrons. The van der Waals surface area contributed by atoms with Crippen molar-refractivity contribution in [3.63, 3.8) is 0 Å². The molecule has 0 atom stereocenters. The third-order valence-electron chi connectivity index (χ3n) is 4.00. The molecule has 0 radical (unpaired) electrons. The summed E-state index contributed by atoms with van der Waals surface area (Å²) in [5, 5.41) is 3.50. The topological polar surface area (TPSA) is 28.2 Å². The van der Waals surface area contributed by atoms with Crippen molar-refractivity contribution in [2.75, 3.05) is 18.0 Å². The third-order valence-corrected chi connectivity index (χ3v) is 4.00. The molecule has 1 heterocycles. The molecule has 1 aliphatic rings. The van der Waals surface area contributed by atoms with Crippen LogP contribution in [0.1, 0.15) is 45.6 Å². The van der Waals surface area contributed by atoms with Gasteiger partial charge in [-0.1, -0.05) is 20.3 Å². The highest BCUT2D eigenvalue weighted by Crippen LogP contribution is 2.29. The SMILES string of the molecule is CCN(CC1CCC1)c1ccncc1CNC(C)C. The van der Waals surface area contributed by atoms with Gasteiger partial charge in [0.05, 0.1) is 0 Å². The van der Waals surface area contributed by atoms with Crippen LogP contribution in [-0.4, -0.2) is 24.1 Å². The predicted molar refractivity (Wildman–Crippen MR) is 81.4 cm³/mol. The Morgan fingerprint density at radius 3 is 2.79 bits per heavy atom. The van der Waals surface area contributed by atoms with Crippen LogP contribution in [0.5, 0.6) is 0 Å². The Balaban J connectivity index is 2.06. The fraction of sp³-hybridized carbons (Fsp3) is 0.688. The third kappa shape index (κ3) is 3.93.